The second kappa shape index (κ2) is 17.7. The molecule has 55 heavy (non-hydrogen) atoms. The van der Waals surface area contributed by atoms with Gasteiger partial charge in [-0.05, 0) is 69.0 Å². The lowest BCUT2D eigenvalue weighted by atomic mass is 9.77. The number of amides is 4. The van der Waals surface area contributed by atoms with E-state index in [9.17, 15) is 28.8 Å². The van der Waals surface area contributed by atoms with E-state index in [0.717, 1.165) is 29.3 Å². The minimum Gasteiger partial charge on any atom is -0.361 e. The SMILES string of the molecule is CC[C@H](C)[C@H](NC(=O)[C@@H](Cc1c[nH]c2ccccc12)NC(=O)[C@@H]1CCCN1C(=O)[C@@H](N)Cc1c[nH]cn1)C(=O)C1([C]=O)CCCCN1C(=O)C1CCCCN1. The maximum Gasteiger partial charge on any atom is 0.243 e. The molecule has 0 saturated carbocycles. The highest BCUT2D eigenvalue weighted by Gasteiger charge is 2.53. The number of hydrogen-bond acceptors (Lipinski definition) is 9. The Kier molecular flexibility index (Phi) is 12.8. The third-order valence-electron chi connectivity index (χ3n) is 11.7. The molecular weight excluding hydrogens is 702 g/mol. The topological polar surface area (TPSA) is 215 Å². The standard InChI is InChI=1S/C40H54N9O6/c1-3-25(2)34(35(51)40(23-50)15-7-9-18-49(40)39(55)31-13-6-8-16-43-31)47-36(52)32(19-26-21-44-30-12-5-4-11-28(26)30)46-37(53)33-14-10-17-48(33)38(54)29(41)20-27-22-42-24-45-27/h4-5,11-12,21-22,24-25,29,31-34,43-44H,3,6-10,13-20,41H2,1-2H3,(H,42,45)(H,46,53)(H,47,52)/t25-,29-,31?,32+,33-,34-,40?/m0/s1. The molecule has 7 N–H and O–H groups in total. The van der Waals surface area contributed by atoms with Crippen LogP contribution in [-0.2, 0) is 41.6 Å². The summed E-state index contributed by atoms with van der Waals surface area (Å²) in [7, 11) is 0. The van der Waals surface area contributed by atoms with Crippen LogP contribution in [0.25, 0.3) is 10.9 Å². The number of aromatic nitrogens is 3. The van der Waals surface area contributed by atoms with Gasteiger partial charge in [0.25, 0.3) is 0 Å². The number of para-hydroxylation sites is 1. The summed E-state index contributed by atoms with van der Waals surface area (Å²) < 4.78 is 0. The number of rotatable bonds is 15. The van der Waals surface area contributed by atoms with E-state index in [0.29, 0.717) is 57.3 Å². The average Bonchev–Trinajstić information content (AvgIpc) is 4.01. The Hall–Kier alpha value is -4.89. The molecule has 3 aromatic rings. The first kappa shape index (κ1) is 39.8. The minimum atomic E-state index is -1.86. The molecule has 0 spiro atoms. The van der Waals surface area contributed by atoms with Crippen molar-refractivity contribution in [3.8, 4) is 0 Å². The zero-order chi connectivity index (χ0) is 39.1. The molecule has 5 heterocycles. The van der Waals surface area contributed by atoms with E-state index in [1.165, 1.54) is 16.1 Å². The number of nitrogens with two attached hydrogens (primary N) is 1. The van der Waals surface area contributed by atoms with E-state index < -0.39 is 59.3 Å². The first-order valence-corrected chi connectivity index (χ1v) is 19.8. The number of ketones is 1. The second-order valence-electron chi connectivity index (χ2n) is 15.3. The molecule has 1 aromatic carbocycles. The van der Waals surface area contributed by atoms with Crippen molar-refractivity contribution in [3.05, 3.63) is 54.2 Å². The Morgan fingerprint density at radius 2 is 1.84 bits per heavy atom. The third kappa shape index (κ3) is 8.52. The van der Waals surface area contributed by atoms with Crippen LogP contribution in [-0.4, -0.2) is 116 Å². The average molecular weight is 757 g/mol. The lowest BCUT2D eigenvalue weighted by molar-refractivity contribution is -0.149. The fourth-order valence-corrected chi connectivity index (χ4v) is 8.38. The van der Waals surface area contributed by atoms with Gasteiger partial charge in [0, 0.05) is 49.2 Å². The molecule has 7 atom stereocenters. The van der Waals surface area contributed by atoms with Crippen molar-refractivity contribution in [2.75, 3.05) is 19.6 Å². The lowest BCUT2D eigenvalue weighted by Gasteiger charge is -2.45. The number of likely N-dealkylation sites (tertiary alicyclic amines) is 2. The molecule has 3 aliphatic rings. The first-order chi connectivity index (χ1) is 26.6. The molecule has 15 nitrogen and oxygen atoms in total. The predicted octanol–water partition coefficient (Wildman–Crippen LogP) is 1.58. The van der Waals surface area contributed by atoms with Crippen LogP contribution in [0.5, 0.6) is 0 Å². The second-order valence-corrected chi connectivity index (χ2v) is 15.3. The highest BCUT2D eigenvalue weighted by Crippen LogP contribution is 2.32. The molecule has 1 radical (unpaired) electrons. The van der Waals surface area contributed by atoms with E-state index in [1.807, 2.05) is 44.4 Å². The molecule has 3 saturated heterocycles. The molecule has 0 aliphatic carbocycles. The Morgan fingerprint density at radius 1 is 1.02 bits per heavy atom. The van der Waals surface area contributed by atoms with Crippen molar-refractivity contribution in [2.45, 2.75) is 120 Å². The number of aromatic amines is 2. The monoisotopic (exact) mass is 756 g/mol. The maximum atomic E-state index is 14.8. The molecule has 0 bridgehead atoms. The fraction of sp³-hybridized carbons (Fsp3) is 0.575. The van der Waals surface area contributed by atoms with Gasteiger partial charge in [0.05, 0.1) is 30.1 Å². The third-order valence-corrected chi connectivity index (χ3v) is 11.7. The van der Waals surface area contributed by atoms with Crippen LogP contribution < -0.4 is 21.7 Å². The number of Topliss-reactive ketones (excluding diaryl/α,β-unsaturated/α-hetero) is 1. The summed E-state index contributed by atoms with van der Waals surface area (Å²) >= 11 is 0. The van der Waals surface area contributed by atoms with Gasteiger partial charge in [0.1, 0.15) is 12.1 Å². The number of nitrogens with one attached hydrogen (secondary N) is 5. The summed E-state index contributed by atoms with van der Waals surface area (Å²) in [5.41, 5.74) is 6.68. The van der Waals surface area contributed by atoms with E-state index in [2.05, 4.69) is 30.9 Å². The number of fused-ring (bicyclic) bond motifs is 1. The number of piperidine rings is 2. The first-order valence-electron chi connectivity index (χ1n) is 19.8. The Morgan fingerprint density at radius 3 is 2.56 bits per heavy atom. The largest absolute Gasteiger partial charge is 0.361 e. The highest BCUT2D eigenvalue weighted by molar-refractivity contribution is 6.10. The van der Waals surface area contributed by atoms with Gasteiger partial charge in [0.2, 0.25) is 29.9 Å². The number of nitrogens with zero attached hydrogens (tertiary/aromatic N) is 3. The summed E-state index contributed by atoms with van der Waals surface area (Å²) in [4.78, 5) is 97.0. The quantitative estimate of drug-likeness (QED) is 0.124. The van der Waals surface area contributed by atoms with Gasteiger partial charge >= 0.3 is 0 Å². The zero-order valence-corrected chi connectivity index (χ0v) is 31.8. The summed E-state index contributed by atoms with van der Waals surface area (Å²) in [5, 5.41) is 9.98. The molecular formula is C40H54N9O6. The van der Waals surface area contributed by atoms with Crippen LogP contribution in [0.1, 0.15) is 82.9 Å². The van der Waals surface area contributed by atoms with Gasteiger partial charge in [-0.25, -0.2) is 4.98 Å². The predicted molar refractivity (Wildman–Crippen MR) is 205 cm³/mol. The maximum absolute atomic E-state index is 14.8. The Balaban J connectivity index is 1.26. The van der Waals surface area contributed by atoms with Gasteiger partial charge < -0.3 is 41.5 Å². The van der Waals surface area contributed by atoms with E-state index in [1.54, 1.807) is 12.4 Å². The molecule has 295 valence electrons. The van der Waals surface area contributed by atoms with Crippen molar-refractivity contribution < 1.29 is 28.8 Å². The molecule has 6 rings (SSSR count). The van der Waals surface area contributed by atoms with Crippen molar-refractivity contribution >= 4 is 46.6 Å². The van der Waals surface area contributed by atoms with E-state index in [-0.39, 0.29) is 37.6 Å². The van der Waals surface area contributed by atoms with Crippen LogP contribution in [0.3, 0.4) is 0 Å². The minimum absolute atomic E-state index is 0.0747. The summed E-state index contributed by atoms with van der Waals surface area (Å²) in [5.74, 6) is -2.81. The van der Waals surface area contributed by atoms with Crippen LogP contribution >= 0.6 is 0 Å². The molecule has 2 aromatic heterocycles. The van der Waals surface area contributed by atoms with Crippen molar-refractivity contribution in [2.24, 2.45) is 11.7 Å². The van der Waals surface area contributed by atoms with Gasteiger partial charge in [-0.2, -0.15) is 0 Å². The fourth-order valence-electron chi connectivity index (χ4n) is 8.38. The van der Waals surface area contributed by atoms with E-state index >= 15 is 0 Å². The molecule has 3 fully saturated rings. The molecule has 4 amide bonds. The number of imidazole rings is 1. The molecule has 3 aliphatic heterocycles. The number of hydrogen-bond donors (Lipinski definition) is 6. The van der Waals surface area contributed by atoms with Gasteiger partial charge in [0.15, 0.2) is 11.3 Å². The molecule has 2 unspecified atom stereocenters. The number of carbonyl (C=O) groups excluding carboxylic acids is 6. The number of carbonyl (C=O) groups is 5. The van der Waals surface area contributed by atoms with Crippen LogP contribution in [0, 0.1) is 5.92 Å². The van der Waals surface area contributed by atoms with Gasteiger partial charge in [-0.15, -0.1) is 0 Å². The van der Waals surface area contributed by atoms with Crippen LogP contribution in [0.4, 0.5) is 0 Å². The van der Waals surface area contributed by atoms with Gasteiger partial charge in [-0.3, -0.25) is 28.8 Å². The zero-order valence-electron chi connectivity index (χ0n) is 31.8. The number of H-pyrrole nitrogens is 2. The number of benzene rings is 1. The highest BCUT2D eigenvalue weighted by atomic mass is 16.2. The summed E-state index contributed by atoms with van der Waals surface area (Å²) in [6.45, 7) is 4.96. The van der Waals surface area contributed by atoms with Crippen molar-refractivity contribution in [3.63, 3.8) is 0 Å². The van der Waals surface area contributed by atoms with Crippen LogP contribution in [0.2, 0.25) is 0 Å². The van der Waals surface area contributed by atoms with Crippen LogP contribution in [0.15, 0.2) is 43.0 Å². The summed E-state index contributed by atoms with van der Waals surface area (Å²) in [6.07, 6.45) is 12.4. The van der Waals surface area contributed by atoms with Gasteiger partial charge in [-0.1, -0.05) is 44.9 Å². The lowest BCUT2D eigenvalue weighted by Crippen LogP contribution is -2.68. The van der Waals surface area contributed by atoms with E-state index in [4.69, 9.17) is 5.73 Å². The Bertz CT molecular complexity index is 1840. The summed E-state index contributed by atoms with van der Waals surface area (Å²) in [6, 6.07) is 3.03. The smallest absolute Gasteiger partial charge is 0.243 e. The van der Waals surface area contributed by atoms with Crippen molar-refractivity contribution in [1.29, 1.82) is 0 Å². The Labute approximate surface area is 321 Å². The normalized spacial score (nSPS) is 23.8. The molecule has 15 heteroatoms. The van der Waals surface area contributed by atoms with Crippen molar-refractivity contribution in [1.82, 2.24) is 40.7 Å².